The maximum Gasteiger partial charge on any atom is 0.0304 e. The maximum absolute atomic E-state index is 6.01. The molecule has 0 bridgehead atoms. The lowest BCUT2D eigenvalue weighted by molar-refractivity contribution is 0.288. The summed E-state index contributed by atoms with van der Waals surface area (Å²) in [5.74, 6) is 0.960. The molecule has 0 saturated heterocycles. The van der Waals surface area contributed by atoms with E-state index in [1.165, 1.54) is 51.4 Å². The van der Waals surface area contributed by atoms with Crippen LogP contribution in [-0.4, -0.2) is 18.6 Å². The van der Waals surface area contributed by atoms with E-state index < -0.39 is 0 Å². The summed E-state index contributed by atoms with van der Waals surface area (Å²) >= 11 is 0. The van der Waals surface area contributed by atoms with Crippen molar-refractivity contribution in [3.8, 4) is 0 Å². The summed E-state index contributed by atoms with van der Waals surface area (Å²) in [6, 6.07) is 0. The van der Waals surface area contributed by atoms with Crippen LogP contribution in [0.15, 0.2) is 0 Å². The molecule has 2 heteroatoms. The predicted molar refractivity (Wildman–Crippen MR) is 71.6 cm³/mol. The van der Waals surface area contributed by atoms with E-state index >= 15 is 0 Å². The molecule has 96 valence electrons. The minimum atomic E-state index is 0.262. The highest BCUT2D eigenvalue weighted by atomic mass is 15.0. The quantitative estimate of drug-likeness (QED) is 0.683. The van der Waals surface area contributed by atoms with Gasteiger partial charge < -0.3 is 11.1 Å². The van der Waals surface area contributed by atoms with Crippen molar-refractivity contribution in [2.75, 3.05) is 13.1 Å². The molecule has 0 spiro atoms. The standard InChI is InChI=1S/C14H30N2/c1-3-6-13-7-5-9-14(12-15,10-8-13)16-11-4-2/h13,16H,3-12,15H2,1-2H3. The van der Waals surface area contributed by atoms with Crippen molar-refractivity contribution in [3.05, 3.63) is 0 Å². The number of rotatable bonds is 6. The summed E-state index contributed by atoms with van der Waals surface area (Å²) in [6.45, 7) is 6.46. The molecule has 1 fully saturated rings. The third kappa shape index (κ3) is 4.06. The molecule has 2 nitrogen and oxygen atoms in total. The minimum absolute atomic E-state index is 0.262. The summed E-state index contributed by atoms with van der Waals surface area (Å²) in [5.41, 5.74) is 6.27. The third-order valence-corrected chi connectivity index (χ3v) is 4.14. The van der Waals surface area contributed by atoms with Crippen LogP contribution in [-0.2, 0) is 0 Å². The van der Waals surface area contributed by atoms with Crippen LogP contribution in [0.5, 0.6) is 0 Å². The van der Waals surface area contributed by atoms with Crippen LogP contribution in [0.3, 0.4) is 0 Å². The Kier molecular flexibility index (Phi) is 6.37. The van der Waals surface area contributed by atoms with E-state index in [0.29, 0.717) is 0 Å². The Labute approximate surface area is 101 Å². The van der Waals surface area contributed by atoms with Gasteiger partial charge in [0.05, 0.1) is 0 Å². The lowest BCUT2D eigenvalue weighted by Gasteiger charge is -2.33. The Morgan fingerprint density at radius 3 is 2.62 bits per heavy atom. The third-order valence-electron chi connectivity index (χ3n) is 4.14. The molecule has 1 rings (SSSR count). The van der Waals surface area contributed by atoms with Crippen LogP contribution in [0.4, 0.5) is 0 Å². The predicted octanol–water partition coefficient (Wildman–Crippen LogP) is 3.06. The highest BCUT2D eigenvalue weighted by Gasteiger charge is 2.30. The Balaban J connectivity index is 2.46. The highest BCUT2D eigenvalue weighted by Crippen LogP contribution is 2.32. The summed E-state index contributed by atoms with van der Waals surface area (Å²) in [7, 11) is 0. The van der Waals surface area contributed by atoms with Crippen LogP contribution in [0.25, 0.3) is 0 Å². The maximum atomic E-state index is 6.01. The van der Waals surface area contributed by atoms with Gasteiger partial charge in [-0.05, 0) is 38.1 Å². The monoisotopic (exact) mass is 226 g/mol. The molecule has 0 amide bonds. The largest absolute Gasteiger partial charge is 0.329 e. The van der Waals surface area contributed by atoms with Gasteiger partial charge in [0, 0.05) is 12.1 Å². The van der Waals surface area contributed by atoms with E-state index in [0.717, 1.165) is 19.0 Å². The van der Waals surface area contributed by atoms with Gasteiger partial charge in [0.15, 0.2) is 0 Å². The van der Waals surface area contributed by atoms with Gasteiger partial charge in [-0.3, -0.25) is 0 Å². The first kappa shape index (κ1) is 14.0. The first-order valence-corrected chi connectivity index (χ1v) is 7.21. The molecule has 0 radical (unpaired) electrons. The van der Waals surface area contributed by atoms with Gasteiger partial charge in [-0.2, -0.15) is 0 Å². The average Bonchev–Trinajstić information content (AvgIpc) is 2.51. The highest BCUT2D eigenvalue weighted by molar-refractivity contribution is 4.91. The van der Waals surface area contributed by atoms with Crippen molar-refractivity contribution >= 4 is 0 Å². The van der Waals surface area contributed by atoms with Crippen molar-refractivity contribution in [1.82, 2.24) is 5.32 Å². The van der Waals surface area contributed by atoms with E-state index in [4.69, 9.17) is 5.73 Å². The summed E-state index contributed by atoms with van der Waals surface area (Å²) in [6.07, 6.45) is 10.7. The Morgan fingerprint density at radius 1 is 1.19 bits per heavy atom. The van der Waals surface area contributed by atoms with E-state index in [-0.39, 0.29) is 5.54 Å². The molecule has 3 N–H and O–H groups in total. The van der Waals surface area contributed by atoms with Crippen molar-refractivity contribution in [3.63, 3.8) is 0 Å². The molecule has 0 aromatic heterocycles. The van der Waals surface area contributed by atoms with Gasteiger partial charge in [0.25, 0.3) is 0 Å². The molecule has 16 heavy (non-hydrogen) atoms. The van der Waals surface area contributed by atoms with E-state index in [1.54, 1.807) is 0 Å². The topological polar surface area (TPSA) is 38.0 Å². The molecule has 1 aliphatic carbocycles. The first-order chi connectivity index (χ1) is 7.76. The zero-order valence-corrected chi connectivity index (χ0v) is 11.2. The number of nitrogens with one attached hydrogen (secondary N) is 1. The molecule has 0 aromatic carbocycles. The molecule has 2 unspecified atom stereocenters. The van der Waals surface area contributed by atoms with Gasteiger partial charge in [-0.1, -0.05) is 39.5 Å². The molecule has 2 atom stereocenters. The number of hydrogen-bond donors (Lipinski definition) is 2. The molecular formula is C14H30N2. The second-order valence-corrected chi connectivity index (χ2v) is 5.50. The fourth-order valence-corrected chi connectivity index (χ4v) is 3.02. The van der Waals surface area contributed by atoms with Crippen molar-refractivity contribution in [2.24, 2.45) is 11.7 Å². The lowest BCUT2D eigenvalue weighted by atomic mass is 9.89. The fourth-order valence-electron chi connectivity index (χ4n) is 3.02. The van der Waals surface area contributed by atoms with Gasteiger partial charge in [-0.15, -0.1) is 0 Å². The van der Waals surface area contributed by atoms with Gasteiger partial charge in [-0.25, -0.2) is 0 Å². The second kappa shape index (κ2) is 7.29. The number of hydrogen-bond acceptors (Lipinski definition) is 2. The van der Waals surface area contributed by atoms with Crippen LogP contribution >= 0.6 is 0 Å². The normalized spacial score (nSPS) is 31.3. The van der Waals surface area contributed by atoms with Crippen molar-refractivity contribution < 1.29 is 0 Å². The smallest absolute Gasteiger partial charge is 0.0304 e. The SMILES string of the molecule is CCCNC1(CN)CCCC(CCC)CC1. The zero-order valence-electron chi connectivity index (χ0n) is 11.2. The van der Waals surface area contributed by atoms with Crippen molar-refractivity contribution in [1.29, 1.82) is 0 Å². The first-order valence-electron chi connectivity index (χ1n) is 7.21. The molecule has 0 aromatic rings. The Morgan fingerprint density at radius 2 is 2.00 bits per heavy atom. The summed E-state index contributed by atoms with van der Waals surface area (Å²) in [5, 5.41) is 3.71. The average molecular weight is 226 g/mol. The fraction of sp³-hybridized carbons (Fsp3) is 1.00. The van der Waals surface area contributed by atoms with Gasteiger partial charge in [0.2, 0.25) is 0 Å². The molecule has 1 aliphatic rings. The number of nitrogens with two attached hydrogens (primary N) is 1. The summed E-state index contributed by atoms with van der Waals surface area (Å²) < 4.78 is 0. The molecule has 0 heterocycles. The Bertz CT molecular complexity index is 182. The van der Waals surface area contributed by atoms with Gasteiger partial charge >= 0.3 is 0 Å². The van der Waals surface area contributed by atoms with Gasteiger partial charge in [0.1, 0.15) is 0 Å². The Hall–Kier alpha value is -0.0800. The van der Waals surface area contributed by atoms with E-state index in [1.807, 2.05) is 0 Å². The molecule has 0 aliphatic heterocycles. The van der Waals surface area contributed by atoms with Crippen LogP contribution in [0.1, 0.15) is 65.2 Å². The van der Waals surface area contributed by atoms with Crippen LogP contribution in [0.2, 0.25) is 0 Å². The molecule has 1 saturated carbocycles. The van der Waals surface area contributed by atoms with E-state index in [9.17, 15) is 0 Å². The molecular weight excluding hydrogens is 196 g/mol. The lowest BCUT2D eigenvalue weighted by Crippen LogP contribution is -2.51. The minimum Gasteiger partial charge on any atom is -0.329 e. The van der Waals surface area contributed by atoms with E-state index in [2.05, 4.69) is 19.2 Å². The van der Waals surface area contributed by atoms with Crippen LogP contribution < -0.4 is 11.1 Å². The summed E-state index contributed by atoms with van der Waals surface area (Å²) in [4.78, 5) is 0. The van der Waals surface area contributed by atoms with Crippen LogP contribution in [0, 0.1) is 5.92 Å². The van der Waals surface area contributed by atoms with Crippen molar-refractivity contribution in [2.45, 2.75) is 70.8 Å². The second-order valence-electron chi connectivity index (χ2n) is 5.50. The zero-order chi connectivity index (χ0) is 11.9.